The zero-order valence-corrected chi connectivity index (χ0v) is 54.3. The van der Waals surface area contributed by atoms with E-state index in [1.54, 1.807) is 0 Å². The SMILES string of the molecule is c1ccc(-c2nc(-c3cccc(-c4ccc5c(c4)oc4ccc6c(c7ccc8c(c9ccccc9n8-c8ccccc8)c7n6-c6nc(-c7ccccc7)nc(-c7ccccc7)n6)c45)c3)nc(-n3c4cc5oc6ccccc6c5cc4c4ccc5c(c6ccccc6n5-c5ccccc5)c43)n2)cc1. The summed E-state index contributed by atoms with van der Waals surface area (Å²) in [5.74, 6) is 3.20. The molecule has 0 fully saturated rings. The van der Waals surface area contributed by atoms with Gasteiger partial charge in [-0.2, -0.15) is 19.9 Å². The third-order valence-electron chi connectivity index (χ3n) is 20.4. The molecule has 12 heteroatoms. The monoisotopic (exact) mass is 1300 g/mol. The molecular formula is C90H52N10O2. The quantitative estimate of drug-likeness (QED) is 0.140. The van der Waals surface area contributed by atoms with Crippen LogP contribution in [0.3, 0.4) is 0 Å². The van der Waals surface area contributed by atoms with Crippen LogP contribution in [0.25, 0.3) is 211 Å². The molecule has 22 rings (SSSR count). The molecule has 8 aromatic heterocycles. The van der Waals surface area contributed by atoms with Crippen molar-refractivity contribution in [3.8, 4) is 79.9 Å². The highest BCUT2D eigenvalue weighted by Gasteiger charge is 2.29. The first-order chi connectivity index (χ1) is 50.6. The van der Waals surface area contributed by atoms with Crippen molar-refractivity contribution >= 4 is 131 Å². The van der Waals surface area contributed by atoms with Crippen molar-refractivity contribution in [2.75, 3.05) is 0 Å². The van der Waals surface area contributed by atoms with E-state index in [-0.39, 0.29) is 0 Å². The fraction of sp³-hybridized carbons (Fsp3) is 0. The number of benzene rings is 14. The van der Waals surface area contributed by atoms with Gasteiger partial charge in [-0.3, -0.25) is 9.13 Å². The van der Waals surface area contributed by atoms with E-state index < -0.39 is 0 Å². The van der Waals surface area contributed by atoms with E-state index in [4.69, 9.17) is 38.7 Å². The smallest absolute Gasteiger partial charge is 0.238 e. The van der Waals surface area contributed by atoms with Gasteiger partial charge in [-0.1, -0.05) is 218 Å². The van der Waals surface area contributed by atoms with E-state index in [9.17, 15) is 0 Å². The first-order valence-corrected chi connectivity index (χ1v) is 34.2. The van der Waals surface area contributed by atoms with Crippen LogP contribution < -0.4 is 0 Å². The molecule has 0 aliphatic rings. The Balaban J connectivity index is 0.750. The fourth-order valence-electron chi connectivity index (χ4n) is 16.0. The van der Waals surface area contributed by atoms with Crippen LogP contribution in [0.15, 0.2) is 324 Å². The molecule has 0 aliphatic carbocycles. The highest BCUT2D eigenvalue weighted by molar-refractivity contribution is 6.33. The Kier molecular flexibility index (Phi) is 11.9. The lowest BCUT2D eigenvalue weighted by molar-refractivity contribution is 0.669. The molecule has 474 valence electrons. The summed E-state index contributed by atoms with van der Waals surface area (Å²) in [5.41, 5.74) is 18.8. The summed E-state index contributed by atoms with van der Waals surface area (Å²) in [7, 11) is 0. The van der Waals surface area contributed by atoms with Gasteiger partial charge >= 0.3 is 0 Å². The Bertz CT molecular complexity index is 7180. The van der Waals surface area contributed by atoms with Gasteiger partial charge in [0.25, 0.3) is 0 Å². The van der Waals surface area contributed by atoms with Gasteiger partial charge in [-0.05, 0) is 102 Å². The van der Waals surface area contributed by atoms with Crippen LogP contribution in [0.1, 0.15) is 0 Å². The predicted molar refractivity (Wildman–Crippen MR) is 412 cm³/mol. The molecule has 0 N–H and O–H groups in total. The molecule has 0 aliphatic heterocycles. The van der Waals surface area contributed by atoms with Crippen LogP contribution in [-0.4, -0.2) is 48.2 Å². The summed E-state index contributed by atoms with van der Waals surface area (Å²) in [4.78, 5) is 32.5. The summed E-state index contributed by atoms with van der Waals surface area (Å²) < 4.78 is 23.0. The second-order valence-electron chi connectivity index (χ2n) is 26.1. The van der Waals surface area contributed by atoms with Crippen LogP contribution in [0.2, 0.25) is 0 Å². The third kappa shape index (κ3) is 8.31. The molecule has 0 radical (unpaired) electrons. The number of nitrogens with zero attached hydrogens (tertiary/aromatic N) is 10. The molecule has 8 heterocycles. The molecule has 0 unspecified atom stereocenters. The maximum absolute atomic E-state index is 7.10. The predicted octanol–water partition coefficient (Wildman–Crippen LogP) is 22.6. The third-order valence-corrected chi connectivity index (χ3v) is 20.4. The zero-order valence-electron chi connectivity index (χ0n) is 54.3. The van der Waals surface area contributed by atoms with Crippen molar-refractivity contribution in [3.05, 3.63) is 315 Å². The molecular weight excluding hydrogens is 1250 g/mol. The number of rotatable bonds is 9. The van der Waals surface area contributed by atoms with Crippen LogP contribution in [0.5, 0.6) is 0 Å². The average molecular weight is 1310 g/mol. The van der Waals surface area contributed by atoms with Gasteiger partial charge in [-0.25, -0.2) is 9.97 Å². The highest BCUT2D eigenvalue weighted by atomic mass is 16.3. The first kappa shape index (κ1) is 56.0. The minimum absolute atomic E-state index is 0.478. The lowest BCUT2D eigenvalue weighted by Gasteiger charge is -2.12. The van der Waals surface area contributed by atoms with Crippen molar-refractivity contribution < 1.29 is 8.83 Å². The Hall–Kier alpha value is -14.1. The van der Waals surface area contributed by atoms with Gasteiger partial charge in [0, 0.05) is 104 Å². The first-order valence-electron chi connectivity index (χ1n) is 34.2. The minimum Gasteiger partial charge on any atom is -0.456 e. The maximum Gasteiger partial charge on any atom is 0.238 e. The molecule has 12 nitrogen and oxygen atoms in total. The Morgan fingerprint density at radius 1 is 0.196 bits per heavy atom. The maximum atomic E-state index is 7.10. The number of fused-ring (bicyclic) bond motifs is 21. The number of para-hydroxylation sites is 5. The van der Waals surface area contributed by atoms with E-state index >= 15 is 0 Å². The molecule has 22 aromatic rings. The molecule has 102 heavy (non-hydrogen) atoms. The molecule has 0 saturated heterocycles. The second kappa shape index (κ2) is 21.7. The molecule has 0 saturated carbocycles. The second-order valence-corrected chi connectivity index (χ2v) is 26.1. The van der Waals surface area contributed by atoms with Gasteiger partial charge in [0.05, 0.1) is 44.1 Å². The van der Waals surface area contributed by atoms with Crippen molar-refractivity contribution in [1.29, 1.82) is 0 Å². The summed E-state index contributed by atoms with van der Waals surface area (Å²) in [6.45, 7) is 0. The largest absolute Gasteiger partial charge is 0.456 e. The molecule has 0 spiro atoms. The van der Waals surface area contributed by atoms with Gasteiger partial charge in [0.1, 0.15) is 22.3 Å². The van der Waals surface area contributed by atoms with Crippen LogP contribution in [0.4, 0.5) is 0 Å². The molecule has 14 aromatic carbocycles. The fourth-order valence-corrected chi connectivity index (χ4v) is 16.0. The van der Waals surface area contributed by atoms with Crippen molar-refractivity contribution in [1.82, 2.24) is 48.2 Å². The Morgan fingerprint density at radius 3 is 1.23 bits per heavy atom. The summed E-state index contributed by atoms with van der Waals surface area (Å²) in [6.07, 6.45) is 0. The van der Waals surface area contributed by atoms with E-state index in [0.717, 1.165) is 176 Å². The minimum atomic E-state index is 0.478. The number of aromatic nitrogens is 10. The summed E-state index contributed by atoms with van der Waals surface area (Å²) >= 11 is 0. The number of furan rings is 2. The summed E-state index contributed by atoms with van der Waals surface area (Å²) in [5, 5.41) is 12.7. The topological polar surface area (TPSA) is 123 Å². The van der Waals surface area contributed by atoms with Crippen LogP contribution in [0, 0.1) is 0 Å². The standard InChI is InChI=1S/C90H52N10O2/c1-6-23-53(24-7-1)85-91-86(54-25-8-2-9-26-54)94-89(93-85)99-71-47-48-76-82(79(71)66-44-46-73-81(84(66)99)64-37-17-20-39-70(64)98(73)60-33-14-5-15-34-60)65-42-41-57(50-77(65)102-76)56-29-22-30-58(49-56)88-92-87(55-27-10-3-11-28-55)95-90(96-88)100-74-52-78-68(61-35-18-21-40-75(61)101-78)51-67(74)62-43-45-72-80(83(62)100)63-36-16-19-38-69(63)97(72)59-31-12-4-13-32-59/h1-52H. The molecule has 0 bridgehead atoms. The zero-order chi connectivity index (χ0) is 66.7. The summed E-state index contributed by atoms with van der Waals surface area (Å²) in [6, 6.07) is 110. The lowest BCUT2D eigenvalue weighted by Crippen LogP contribution is -2.06. The van der Waals surface area contributed by atoms with Crippen LogP contribution >= 0.6 is 0 Å². The van der Waals surface area contributed by atoms with E-state index in [0.29, 0.717) is 35.2 Å². The highest BCUT2D eigenvalue weighted by Crippen LogP contribution is 2.48. The normalized spacial score (nSPS) is 12.1. The molecule has 0 amide bonds. The van der Waals surface area contributed by atoms with Gasteiger partial charge in [-0.15, -0.1) is 0 Å². The van der Waals surface area contributed by atoms with E-state index in [2.05, 4.69) is 267 Å². The Labute approximate surface area is 580 Å². The number of hydrogen-bond donors (Lipinski definition) is 0. The van der Waals surface area contributed by atoms with Crippen LogP contribution in [-0.2, 0) is 0 Å². The molecule has 0 atom stereocenters. The number of hydrogen-bond acceptors (Lipinski definition) is 8. The van der Waals surface area contributed by atoms with Crippen molar-refractivity contribution in [2.45, 2.75) is 0 Å². The van der Waals surface area contributed by atoms with Gasteiger partial charge in [0.2, 0.25) is 11.9 Å². The van der Waals surface area contributed by atoms with Crippen molar-refractivity contribution in [3.63, 3.8) is 0 Å². The van der Waals surface area contributed by atoms with E-state index in [1.165, 1.54) is 0 Å². The Morgan fingerprint density at radius 2 is 0.627 bits per heavy atom. The van der Waals surface area contributed by atoms with Gasteiger partial charge < -0.3 is 18.0 Å². The van der Waals surface area contributed by atoms with Gasteiger partial charge in [0.15, 0.2) is 23.3 Å². The average Bonchev–Trinajstić information content (AvgIpc) is 1.54. The van der Waals surface area contributed by atoms with Crippen molar-refractivity contribution in [2.24, 2.45) is 0 Å². The lowest BCUT2D eigenvalue weighted by atomic mass is 10.00. The van der Waals surface area contributed by atoms with E-state index in [1.807, 2.05) is 66.7 Å².